The highest BCUT2D eigenvalue weighted by molar-refractivity contribution is 9.10. The number of sulfonamides is 1. The standard InChI is InChI=1S/C13H13BrN2O2S/c1-9-6-7-10(15)8-13(9)19(17,18)16-12-5-3-2-4-11(12)14/h2-8,16H,15H2,1H3. The maximum absolute atomic E-state index is 12.3. The number of para-hydroxylation sites is 1. The Hall–Kier alpha value is -1.53. The minimum absolute atomic E-state index is 0.184. The molecule has 0 bridgehead atoms. The van der Waals surface area contributed by atoms with E-state index in [0.29, 0.717) is 21.4 Å². The van der Waals surface area contributed by atoms with Gasteiger partial charge in [-0.2, -0.15) is 0 Å². The summed E-state index contributed by atoms with van der Waals surface area (Å²) in [5.41, 5.74) is 7.20. The molecule has 0 aliphatic rings. The number of aryl methyl sites for hydroxylation is 1. The fourth-order valence-corrected chi connectivity index (χ4v) is 3.53. The molecule has 19 heavy (non-hydrogen) atoms. The molecule has 0 aromatic heterocycles. The van der Waals surface area contributed by atoms with Gasteiger partial charge >= 0.3 is 0 Å². The van der Waals surface area contributed by atoms with Crippen LogP contribution < -0.4 is 10.5 Å². The Morgan fingerprint density at radius 2 is 1.84 bits per heavy atom. The molecule has 4 nitrogen and oxygen atoms in total. The Morgan fingerprint density at radius 3 is 2.53 bits per heavy atom. The molecule has 0 unspecified atom stereocenters. The number of hydrogen-bond donors (Lipinski definition) is 2. The molecule has 0 aliphatic heterocycles. The van der Waals surface area contributed by atoms with Crippen LogP contribution in [0.2, 0.25) is 0 Å². The van der Waals surface area contributed by atoms with Crippen LogP contribution in [0.5, 0.6) is 0 Å². The van der Waals surface area contributed by atoms with Gasteiger partial charge in [-0.05, 0) is 52.7 Å². The number of nitrogens with one attached hydrogen (secondary N) is 1. The molecule has 100 valence electrons. The van der Waals surface area contributed by atoms with Crippen molar-refractivity contribution in [3.8, 4) is 0 Å². The van der Waals surface area contributed by atoms with Gasteiger partial charge in [0.1, 0.15) is 0 Å². The van der Waals surface area contributed by atoms with Crippen molar-refractivity contribution in [3.63, 3.8) is 0 Å². The van der Waals surface area contributed by atoms with Crippen LogP contribution in [0.25, 0.3) is 0 Å². The predicted octanol–water partition coefficient (Wildman–Crippen LogP) is 3.14. The van der Waals surface area contributed by atoms with E-state index >= 15 is 0 Å². The summed E-state index contributed by atoms with van der Waals surface area (Å²) in [5, 5.41) is 0. The summed E-state index contributed by atoms with van der Waals surface area (Å²) in [5.74, 6) is 0. The van der Waals surface area contributed by atoms with Crippen molar-refractivity contribution in [3.05, 3.63) is 52.5 Å². The molecule has 6 heteroatoms. The van der Waals surface area contributed by atoms with Gasteiger partial charge in [0, 0.05) is 10.2 Å². The SMILES string of the molecule is Cc1ccc(N)cc1S(=O)(=O)Nc1ccccc1Br. The maximum atomic E-state index is 12.3. The predicted molar refractivity (Wildman–Crippen MR) is 80.5 cm³/mol. The summed E-state index contributed by atoms with van der Waals surface area (Å²) < 4.78 is 27.9. The second-order valence-electron chi connectivity index (χ2n) is 4.11. The lowest BCUT2D eigenvalue weighted by atomic mass is 10.2. The van der Waals surface area contributed by atoms with Crippen LogP contribution in [0.1, 0.15) is 5.56 Å². The molecule has 2 aromatic carbocycles. The molecular formula is C13H13BrN2O2S. The summed E-state index contributed by atoms with van der Waals surface area (Å²) in [6.07, 6.45) is 0. The monoisotopic (exact) mass is 340 g/mol. The van der Waals surface area contributed by atoms with Crippen LogP contribution in [0.3, 0.4) is 0 Å². The van der Waals surface area contributed by atoms with Gasteiger partial charge in [0.2, 0.25) is 0 Å². The number of rotatable bonds is 3. The summed E-state index contributed by atoms with van der Waals surface area (Å²) in [4.78, 5) is 0.184. The highest BCUT2D eigenvalue weighted by Crippen LogP contribution is 2.26. The summed E-state index contributed by atoms with van der Waals surface area (Å²) in [6.45, 7) is 1.73. The minimum Gasteiger partial charge on any atom is -0.399 e. The van der Waals surface area contributed by atoms with E-state index in [1.165, 1.54) is 6.07 Å². The lowest BCUT2D eigenvalue weighted by molar-refractivity contribution is 0.600. The lowest BCUT2D eigenvalue weighted by Crippen LogP contribution is -2.14. The third-order valence-corrected chi connectivity index (χ3v) is 4.82. The molecule has 0 saturated carbocycles. The fraction of sp³-hybridized carbons (Fsp3) is 0.0769. The van der Waals surface area contributed by atoms with Crippen molar-refractivity contribution >= 4 is 37.3 Å². The Labute approximate surface area is 120 Å². The maximum Gasteiger partial charge on any atom is 0.262 e. The number of anilines is 2. The first-order chi connectivity index (χ1) is 8.90. The summed E-state index contributed by atoms with van der Waals surface area (Å²) in [7, 11) is -3.65. The molecule has 2 aromatic rings. The van der Waals surface area contributed by atoms with Gasteiger partial charge in [0.25, 0.3) is 10.0 Å². The van der Waals surface area contributed by atoms with E-state index in [1.54, 1.807) is 37.3 Å². The van der Waals surface area contributed by atoms with Gasteiger partial charge in [-0.1, -0.05) is 18.2 Å². The van der Waals surface area contributed by atoms with Crippen LogP contribution in [0.4, 0.5) is 11.4 Å². The number of hydrogen-bond acceptors (Lipinski definition) is 3. The van der Waals surface area contributed by atoms with E-state index in [-0.39, 0.29) is 4.90 Å². The average molecular weight is 341 g/mol. The van der Waals surface area contributed by atoms with Crippen molar-refractivity contribution in [2.75, 3.05) is 10.5 Å². The Kier molecular flexibility index (Phi) is 3.82. The quantitative estimate of drug-likeness (QED) is 0.843. The van der Waals surface area contributed by atoms with E-state index in [4.69, 9.17) is 5.73 Å². The zero-order valence-electron chi connectivity index (χ0n) is 10.2. The van der Waals surface area contributed by atoms with Crippen LogP contribution in [0, 0.1) is 6.92 Å². The Balaban J connectivity index is 2.44. The molecule has 0 atom stereocenters. The first kappa shape index (κ1) is 13.9. The van der Waals surface area contributed by atoms with Gasteiger partial charge < -0.3 is 5.73 Å². The van der Waals surface area contributed by atoms with E-state index in [2.05, 4.69) is 20.7 Å². The largest absolute Gasteiger partial charge is 0.399 e. The van der Waals surface area contributed by atoms with Gasteiger partial charge in [-0.25, -0.2) is 8.42 Å². The average Bonchev–Trinajstić information content (AvgIpc) is 2.35. The van der Waals surface area contributed by atoms with E-state index in [9.17, 15) is 8.42 Å². The van der Waals surface area contributed by atoms with E-state index in [0.717, 1.165) is 0 Å². The second kappa shape index (κ2) is 5.22. The van der Waals surface area contributed by atoms with Crippen molar-refractivity contribution in [2.24, 2.45) is 0 Å². The number of halogens is 1. The van der Waals surface area contributed by atoms with Crippen LogP contribution in [-0.2, 0) is 10.0 Å². The molecule has 0 heterocycles. The smallest absolute Gasteiger partial charge is 0.262 e. The molecular weight excluding hydrogens is 328 g/mol. The first-order valence-corrected chi connectivity index (χ1v) is 7.81. The van der Waals surface area contributed by atoms with Crippen molar-refractivity contribution in [1.82, 2.24) is 0 Å². The second-order valence-corrected chi connectivity index (χ2v) is 6.62. The Bertz CT molecular complexity index is 714. The van der Waals surface area contributed by atoms with Gasteiger partial charge in [-0.15, -0.1) is 0 Å². The number of benzene rings is 2. The number of nitrogens with two attached hydrogens (primary N) is 1. The molecule has 2 rings (SSSR count). The van der Waals surface area contributed by atoms with Crippen molar-refractivity contribution in [1.29, 1.82) is 0 Å². The zero-order chi connectivity index (χ0) is 14.0. The fourth-order valence-electron chi connectivity index (χ4n) is 1.65. The van der Waals surface area contributed by atoms with Crippen LogP contribution in [-0.4, -0.2) is 8.42 Å². The Morgan fingerprint density at radius 1 is 1.16 bits per heavy atom. The highest BCUT2D eigenvalue weighted by Gasteiger charge is 2.18. The van der Waals surface area contributed by atoms with Gasteiger partial charge in [0.05, 0.1) is 10.6 Å². The third-order valence-electron chi connectivity index (χ3n) is 2.62. The number of nitrogen functional groups attached to an aromatic ring is 1. The van der Waals surface area contributed by atoms with Crippen LogP contribution in [0.15, 0.2) is 51.8 Å². The zero-order valence-corrected chi connectivity index (χ0v) is 12.6. The molecule has 0 spiro atoms. The molecule has 0 amide bonds. The van der Waals surface area contributed by atoms with E-state index in [1.807, 2.05) is 6.07 Å². The van der Waals surface area contributed by atoms with E-state index < -0.39 is 10.0 Å². The first-order valence-electron chi connectivity index (χ1n) is 5.53. The highest BCUT2D eigenvalue weighted by atomic mass is 79.9. The molecule has 3 N–H and O–H groups in total. The van der Waals surface area contributed by atoms with Crippen LogP contribution >= 0.6 is 15.9 Å². The molecule has 0 aliphatic carbocycles. The molecule has 0 saturated heterocycles. The summed E-state index contributed by atoms with van der Waals surface area (Å²) >= 11 is 3.30. The van der Waals surface area contributed by atoms with Gasteiger partial charge in [0.15, 0.2) is 0 Å². The van der Waals surface area contributed by atoms with Gasteiger partial charge in [-0.3, -0.25) is 4.72 Å². The van der Waals surface area contributed by atoms with Crippen molar-refractivity contribution in [2.45, 2.75) is 11.8 Å². The minimum atomic E-state index is -3.65. The molecule has 0 fully saturated rings. The topological polar surface area (TPSA) is 72.2 Å². The summed E-state index contributed by atoms with van der Waals surface area (Å²) in [6, 6.07) is 11.8. The lowest BCUT2D eigenvalue weighted by Gasteiger charge is -2.12. The normalized spacial score (nSPS) is 11.3. The van der Waals surface area contributed by atoms with Crippen molar-refractivity contribution < 1.29 is 8.42 Å². The third kappa shape index (κ3) is 3.08. The molecule has 0 radical (unpaired) electrons.